The highest BCUT2D eigenvalue weighted by Crippen LogP contribution is 2.34. The summed E-state index contributed by atoms with van der Waals surface area (Å²) in [6, 6.07) is 11.3. The zero-order valence-corrected chi connectivity index (χ0v) is 14.8. The van der Waals surface area contributed by atoms with Crippen LogP contribution in [0.5, 0.6) is 23.0 Å². The predicted octanol–water partition coefficient (Wildman–Crippen LogP) is 1.78. The smallest absolute Gasteiger partial charge is 0.241 e. The summed E-state index contributed by atoms with van der Waals surface area (Å²) in [6.45, 7) is 0.315. The monoisotopic (exact) mass is 375 g/mol. The maximum Gasteiger partial charge on any atom is 0.241 e. The van der Waals surface area contributed by atoms with Gasteiger partial charge in [0.15, 0.2) is 11.5 Å². The van der Waals surface area contributed by atoms with E-state index >= 15 is 0 Å². The SMILES string of the molecule is COc1ccc(S(=O)(=O)NCC#CCOc2ccc3c(c2)OCO3)cc1. The van der Waals surface area contributed by atoms with Crippen LogP contribution >= 0.6 is 0 Å². The van der Waals surface area contributed by atoms with Gasteiger partial charge in [-0.3, -0.25) is 0 Å². The molecule has 0 saturated heterocycles. The molecule has 0 radical (unpaired) electrons. The minimum Gasteiger partial charge on any atom is -0.497 e. The molecule has 0 atom stereocenters. The molecule has 0 amide bonds. The Kier molecular flexibility index (Phi) is 5.51. The van der Waals surface area contributed by atoms with Crippen LogP contribution in [0.1, 0.15) is 0 Å². The first kappa shape index (κ1) is 17.9. The lowest BCUT2D eigenvalue weighted by Gasteiger charge is -2.05. The highest BCUT2D eigenvalue weighted by molar-refractivity contribution is 7.89. The molecule has 2 aromatic carbocycles. The molecule has 1 aliphatic rings. The molecule has 0 saturated carbocycles. The summed E-state index contributed by atoms with van der Waals surface area (Å²) in [5.74, 6) is 7.95. The van der Waals surface area contributed by atoms with Gasteiger partial charge >= 0.3 is 0 Å². The summed E-state index contributed by atoms with van der Waals surface area (Å²) in [5, 5.41) is 0. The summed E-state index contributed by atoms with van der Waals surface area (Å²) >= 11 is 0. The predicted molar refractivity (Wildman–Crippen MR) is 94.0 cm³/mol. The number of hydrogen-bond donors (Lipinski definition) is 1. The lowest BCUT2D eigenvalue weighted by molar-refractivity contribution is 0.174. The van der Waals surface area contributed by atoms with Crippen LogP contribution in [0.25, 0.3) is 0 Å². The lowest BCUT2D eigenvalue weighted by Crippen LogP contribution is -2.24. The number of sulfonamides is 1. The highest BCUT2D eigenvalue weighted by atomic mass is 32.2. The van der Waals surface area contributed by atoms with Crippen molar-refractivity contribution in [1.29, 1.82) is 0 Å². The van der Waals surface area contributed by atoms with Gasteiger partial charge in [0.1, 0.15) is 18.1 Å². The van der Waals surface area contributed by atoms with Crippen LogP contribution in [0.4, 0.5) is 0 Å². The molecule has 0 unspecified atom stereocenters. The van der Waals surface area contributed by atoms with Crippen molar-refractivity contribution in [2.75, 3.05) is 27.1 Å². The fraction of sp³-hybridized carbons (Fsp3) is 0.222. The van der Waals surface area contributed by atoms with Crippen molar-refractivity contribution < 1.29 is 27.4 Å². The molecule has 8 heteroatoms. The zero-order valence-electron chi connectivity index (χ0n) is 14.0. The van der Waals surface area contributed by atoms with Gasteiger partial charge in [0.2, 0.25) is 16.8 Å². The molecule has 0 spiro atoms. The van der Waals surface area contributed by atoms with Gasteiger partial charge in [0.25, 0.3) is 0 Å². The molecule has 0 aromatic heterocycles. The molecule has 0 aliphatic carbocycles. The van der Waals surface area contributed by atoms with E-state index in [2.05, 4.69) is 16.6 Å². The second-order valence-corrected chi connectivity index (χ2v) is 6.92. The van der Waals surface area contributed by atoms with Crippen molar-refractivity contribution >= 4 is 10.0 Å². The Morgan fingerprint density at radius 3 is 2.54 bits per heavy atom. The summed E-state index contributed by atoms with van der Waals surface area (Å²) < 4.78 is 47.6. The van der Waals surface area contributed by atoms with Crippen molar-refractivity contribution in [2.24, 2.45) is 0 Å². The quantitative estimate of drug-likeness (QED) is 0.775. The van der Waals surface area contributed by atoms with E-state index in [0.29, 0.717) is 23.0 Å². The Hall–Kier alpha value is -2.89. The summed E-state index contributed by atoms with van der Waals surface area (Å²) in [5.41, 5.74) is 0. The second kappa shape index (κ2) is 7.99. The number of nitrogens with one attached hydrogen (secondary N) is 1. The Morgan fingerprint density at radius 2 is 1.77 bits per heavy atom. The van der Waals surface area contributed by atoms with Crippen LogP contribution < -0.4 is 23.7 Å². The zero-order chi connectivity index (χ0) is 18.4. The average molecular weight is 375 g/mol. The molecular weight excluding hydrogens is 358 g/mol. The third-order valence-corrected chi connectivity index (χ3v) is 4.92. The summed E-state index contributed by atoms with van der Waals surface area (Å²) in [4.78, 5) is 0.150. The molecule has 1 N–H and O–H groups in total. The molecule has 0 fully saturated rings. The highest BCUT2D eigenvalue weighted by Gasteiger charge is 2.14. The van der Waals surface area contributed by atoms with Gasteiger partial charge < -0.3 is 18.9 Å². The largest absolute Gasteiger partial charge is 0.497 e. The summed E-state index contributed by atoms with van der Waals surface area (Å²) in [7, 11) is -2.09. The molecule has 1 aliphatic heterocycles. The number of ether oxygens (including phenoxy) is 4. The fourth-order valence-electron chi connectivity index (χ4n) is 2.17. The van der Waals surface area contributed by atoms with E-state index in [4.69, 9.17) is 18.9 Å². The minimum atomic E-state index is -3.61. The Morgan fingerprint density at radius 1 is 1.04 bits per heavy atom. The molecule has 26 heavy (non-hydrogen) atoms. The van der Waals surface area contributed by atoms with Crippen LogP contribution in [0.3, 0.4) is 0 Å². The van der Waals surface area contributed by atoms with Gasteiger partial charge in [-0.25, -0.2) is 8.42 Å². The summed E-state index contributed by atoms with van der Waals surface area (Å²) in [6.07, 6.45) is 0. The van der Waals surface area contributed by atoms with E-state index in [1.807, 2.05) is 0 Å². The first-order valence-corrected chi connectivity index (χ1v) is 9.19. The van der Waals surface area contributed by atoms with Crippen LogP contribution in [0.2, 0.25) is 0 Å². The average Bonchev–Trinajstić information content (AvgIpc) is 3.12. The maximum absolute atomic E-state index is 12.1. The van der Waals surface area contributed by atoms with E-state index in [1.54, 1.807) is 30.3 Å². The Balaban J connectivity index is 1.47. The van der Waals surface area contributed by atoms with Crippen LogP contribution in [-0.4, -0.2) is 35.5 Å². The van der Waals surface area contributed by atoms with Crippen LogP contribution in [0.15, 0.2) is 47.4 Å². The first-order chi connectivity index (χ1) is 12.6. The van der Waals surface area contributed by atoms with Crippen LogP contribution in [0, 0.1) is 11.8 Å². The lowest BCUT2D eigenvalue weighted by atomic mass is 10.3. The second-order valence-electron chi connectivity index (χ2n) is 5.16. The van der Waals surface area contributed by atoms with Crippen LogP contribution in [-0.2, 0) is 10.0 Å². The van der Waals surface area contributed by atoms with Crippen molar-refractivity contribution in [3.05, 3.63) is 42.5 Å². The standard InChI is InChI=1S/C18H17NO6S/c1-22-14-4-7-16(8-5-14)26(20,21)19-10-2-3-11-23-15-6-9-17-18(12-15)25-13-24-17/h4-9,12,19H,10-11,13H2,1H3. The van der Waals surface area contributed by atoms with Gasteiger partial charge in [0, 0.05) is 6.07 Å². The fourth-order valence-corrected chi connectivity index (χ4v) is 3.09. The minimum absolute atomic E-state index is 0.0150. The number of hydrogen-bond acceptors (Lipinski definition) is 6. The number of methoxy groups -OCH3 is 1. The first-order valence-electron chi connectivity index (χ1n) is 7.70. The van der Waals surface area contributed by atoms with E-state index in [0.717, 1.165) is 0 Å². The van der Waals surface area contributed by atoms with E-state index < -0.39 is 10.0 Å². The van der Waals surface area contributed by atoms with Gasteiger partial charge in [-0.05, 0) is 36.4 Å². The maximum atomic E-state index is 12.1. The topological polar surface area (TPSA) is 83.1 Å². The normalized spacial score (nSPS) is 12.2. The van der Waals surface area contributed by atoms with Gasteiger partial charge in [-0.1, -0.05) is 11.8 Å². The number of rotatable bonds is 6. The van der Waals surface area contributed by atoms with Gasteiger partial charge in [0.05, 0.1) is 18.6 Å². The number of fused-ring (bicyclic) bond motifs is 1. The molecule has 1 heterocycles. The molecule has 136 valence electrons. The molecule has 3 rings (SSSR count). The molecule has 2 aromatic rings. The molecule has 7 nitrogen and oxygen atoms in total. The third kappa shape index (κ3) is 4.39. The van der Waals surface area contributed by atoms with Crippen molar-refractivity contribution in [2.45, 2.75) is 4.90 Å². The van der Waals surface area contributed by atoms with Gasteiger partial charge in [-0.2, -0.15) is 4.72 Å². The molecular formula is C18H17NO6S. The molecule has 0 bridgehead atoms. The van der Waals surface area contributed by atoms with Crippen molar-refractivity contribution in [1.82, 2.24) is 4.72 Å². The Labute approximate surface area is 151 Å². The third-order valence-electron chi connectivity index (χ3n) is 3.50. The van der Waals surface area contributed by atoms with E-state index in [-0.39, 0.29) is 24.8 Å². The number of benzene rings is 2. The van der Waals surface area contributed by atoms with E-state index in [9.17, 15) is 8.42 Å². The van der Waals surface area contributed by atoms with Crippen molar-refractivity contribution in [3.63, 3.8) is 0 Å². The Bertz CT molecular complexity index is 928. The van der Waals surface area contributed by atoms with Gasteiger partial charge in [-0.15, -0.1) is 0 Å². The van der Waals surface area contributed by atoms with E-state index in [1.165, 1.54) is 19.2 Å². The van der Waals surface area contributed by atoms with Crippen molar-refractivity contribution in [3.8, 4) is 34.8 Å².